The molecule has 1 aliphatic carbocycles. The molecule has 20 heavy (non-hydrogen) atoms. The van der Waals surface area contributed by atoms with Crippen molar-refractivity contribution in [1.29, 1.82) is 0 Å². The van der Waals surface area contributed by atoms with Crippen LogP contribution in [-0.4, -0.2) is 25.5 Å². The largest absolute Gasteiger partial charge is 0.327 e. The molecule has 1 aromatic rings. The van der Waals surface area contributed by atoms with Crippen LogP contribution in [0.25, 0.3) is 0 Å². The highest BCUT2D eigenvalue weighted by atomic mass is 32.2. The number of hydrogen-bond donors (Lipinski definition) is 2. The molecule has 0 aliphatic heterocycles. The molecule has 0 amide bonds. The van der Waals surface area contributed by atoms with E-state index >= 15 is 0 Å². The molecule has 1 fully saturated rings. The summed E-state index contributed by atoms with van der Waals surface area (Å²) in [5.74, 6) is -0.684. The number of halogens is 1. The Hall–Kier alpha value is -1.05. The molecule has 1 heterocycles. The van der Waals surface area contributed by atoms with Crippen molar-refractivity contribution < 1.29 is 12.8 Å². The molecule has 3 N–H and O–H groups in total. The third kappa shape index (κ3) is 2.23. The van der Waals surface area contributed by atoms with Gasteiger partial charge in [-0.1, -0.05) is 27.7 Å². The lowest BCUT2D eigenvalue weighted by molar-refractivity contribution is -0.0593. The van der Waals surface area contributed by atoms with Crippen molar-refractivity contribution in [3.05, 3.63) is 24.3 Å². The average molecular weight is 301 g/mol. The molecule has 0 aromatic carbocycles. The first-order chi connectivity index (χ1) is 8.99. The van der Waals surface area contributed by atoms with Crippen LogP contribution in [0.3, 0.4) is 0 Å². The number of nitrogens with two attached hydrogens (primary N) is 1. The third-order valence-corrected chi connectivity index (χ3v) is 5.74. The van der Waals surface area contributed by atoms with Gasteiger partial charge in [-0.3, -0.25) is 4.98 Å². The van der Waals surface area contributed by atoms with E-state index in [1.165, 1.54) is 0 Å². The summed E-state index contributed by atoms with van der Waals surface area (Å²) in [5, 5.41) is 0. The second-order valence-electron chi connectivity index (χ2n) is 6.51. The highest BCUT2D eigenvalue weighted by Crippen LogP contribution is 2.52. The summed E-state index contributed by atoms with van der Waals surface area (Å²) in [7, 11) is -3.82. The molecule has 5 nitrogen and oxygen atoms in total. The van der Waals surface area contributed by atoms with Gasteiger partial charge in [-0.05, 0) is 16.9 Å². The lowest BCUT2D eigenvalue weighted by Crippen LogP contribution is -2.75. The summed E-state index contributed by atoms with van der Waals surface area (Å²) in [6.45, 7) is 7.67. The Morgan fingerprint density at radius 3 is 2.30 bits per heavy atom. The van der Waals surface area contributed by atoms with Gasteiger partial charge < -0.3 is 5.73 Å². The van der Waals surface area contributed by atoms with Gasteiger partial charge in [-0.25, -0.2) is 17.5 Å². The minimum Gasteiger partial charge on any atom is -0.327 e. The maximum atomic E-state index is 13.1. The fourth-order valence-electron chi connectivity index (χ4n) is 3.25. The summed E-state index contributed by atoms with van der Waals surface area (Å²) in [6, 6.07) is 0.514. The molecule has 0 saturated heterocycles. The van der Waals surface area contributed by atoms with E-state index < -0.39 is 15.8 Å². The van der Waals surface area contributed by atoms with Gasteiger partial charge in [0.2, 0.25) is 10.0 Å². The van der Waals surface area contributed by atoms with Crippen molar-refractivity contribution in [3.63, 3.8) is 0 Å². The summed E-state index contributed by atoms with van der Waals surface area (Å²) < 4.78 is 40.4. The molecular weight excluding hydrogens is 281 g/mol. The summed E-state index contributed by atoms with van der Waals surface area (Å²) in [5.41, 5.74) is 5.37. The number of pyridine rings is 1. The smallest absolute Gasteiger partial charge is 0.242 e. The monoisotopic (exact) mass is 301 g/mol. The van der Waals surface area contributed by atoms with Crippen molar-refractivity contribution in [3.8, 4) is 0 Å². The van der Waals surface area contributed by atoms with Gasteiger partial charge in [0.15, 0.2) is 0 Å². The Labute approximate surface area is 118 Å². The van der Waals surface area contributed by atoms with E-state index in [0.717, 1.165) is 18.5 Å². The second kappa shape index (κ2) is 4.47. The fourth-order valence-corrected chi connectivity index (χ4v) is 4.77. The van der Waals surface area contributed by atoms with Crippen LogP contribution in [-0.2, 0) is 10.0 Å². The van der Waals surface area contributed by atoms with Crippen molar-refractivity contribution in [1.82, 2.24) is 9.71 Å². The zero-order valence-electron chi connectivity index (χ0n) is 12.0. The second-order valence-corrected chi connectivity index (χ2v) is 8.23. The molecule has 2 rings (SSSR count). The number of rotatable bonds is 3. The van der Waals surface area contributed by atoms with E-state index in [4.69, 9.17) is 5.73 Å². The zero-order valence-corrected chi connectivity index (χ0v) is 12.8. The SMILES string of the molecule is CC1(C)C(N)C(C)(C)C1NS(=O)(=O)c1cncc(F)c1. The first kappa shape index (κ1) is 15.3. The highest BCUT2D eigenvalue weighted by Gasteiger charge is 2.61. The molecule has 7 heteroatoms. The van der Waals surface area contributed by atoms with Crippen LogP contribution in [0.1, 0.15) is 27.7 Å². The predicted molar refractivity (Wildman–Crippen MR) is 73.8 cm³/mol. The lowest BCUT2D eigenvalue weighted by Gasteiger charge is -2.62. The van der Waals surface area contributed by atoms with Gasteiger partial charge in [0.05, 0.1) is 6.20 Å². The summed E-state index contributed by atoms with van der Waals surface area (Å²) in [4.78, 5) is 3.39. The highest BCUT2D eigenvalue weighted by molar-refractivity contribution is 7.89. The topological polar surface area (TPSA) is 85.1 Å². The first-order valence-corrected chi connectivity index (χ1v) is 7.86. The van der Waals surface area contributed by atoms with Gasteiger partial charge in [-0.15, -0.1) is 0 Å². The molecule has 0 atom stereocenters. The maximum absolute atomic E-state index is 13.1. The molecule has 1 saturated carbocycles. The van der Waals surface area contributed by atoms with Gasteiger partial charge in [0, 0.05) is 18.3 Å². The van der Waals surface area contributed by atoms with Crippen LogP contribution in [0.4, 0.5) is 4.39 Å². The number of hydrogen-bond acceptors (Lipinski definition) is 4. The standard InChI is InChI=1S/C13H20FN3O2S/c1-12(2)10(15)13(3,4)11(12)17-20(18,19)9-5-8(14)6-16-7-9/h5-7,10-11,17H,15H2,1-4H3. The van der Waals surface area contributed by atoms with Crippen LogP contribution in [0.15, 0.2) is 23.4 Å². The number of nitrogens with zero attached hydrogens (tertiary/aromatic N) is 1. The minimum absolute atomic E-state index is 0.117. The maximum Gasteiger partial charge on any atom is 0.242 e. The molecule has 112 valence electrons. The molecule has 0 bridgehead atoms. The van der Waals surface area contributed by atoms with E-state index in [9.17, 15) is 12.8 Å². The Kier molecular flexibility index (Phi) is 3.43. The predicted octanol–water partition coefficient (Wildman–Crippen LogP) is 1.26. The molecule has 1 aromatic heterocycles. The average Bonchev–Trinajstić information content (AvgIpc) is 2.35. The van der Waals surface area contributed by atoms with Crippen molar-refractivity contribution in [2.45, 2.75) is 44.7 Å². The minimum atomic E-state index is -3.82. The number of aromatic nitrogens is 1. The van der Waals surface area contributed by atoms with Crippen molar-refractivity contribution in [2.24, 2.45) is 16.6 Å². The quantitative estimate of drug-likeness (QED) is 0.880. The van der Waals surface area contributed by atoms with Crippen LogP contribution in [0, 0.1) is 16.6 Å². The Bertz CT molecular complexity index is 612. The molecule has 0 spiro atoms. The van der Waals surface area contributed by atoms with Crippen molar-refractivity contribution >= 4 is 10.0 Å². The Morgan fingerprint density at radius 1 is 1.25 bits per heavy atom. The summed E-state index contributed by atoms with van der Waals surface area (Å²) in [6.07, 6.45) is 2.09. The van der Waals surface area contributed by atoms with Crippen LogP contribution < -0.4 is 10.5 Å². The third-order valence-electron chi connectivity index (χ3n) is 4.35. The first-order valence-electron chi connectivity index (χ1n) is 6.38. The summed E-state index contributed by atoms with van der Waals surface area (Å²) >= 11 is 0. The number of nitrogens with one attached hydrogen (secondary N) is 1. The zero-order chi connectivity index (χ0) is 15.3. The fraction of sp³-hybridized carbons (Fsp3) is 0.615. The molecule has 0 unspecified atom stereocenters. The van der Waals surface area contributed by atoms with Crippen LogP contribution in [0.2, 0.25) is 0 Å². The van der Waals surface area contributed by atoms with E-state index in [-0.39, 0.29) is 27.8 Å². The van der Waals surface area contributed by atoms with Crippen LogP contribution >= 0.6 is 0 Å². The van der Waals surface area contributed by atoms with Crippen molar-refractivity contribution in [2.75, 3.05) is 0 Å². The van der Waals surface area contributed by atoms with E-state index in [1.807, 2.05) is 27.7 Å². The Morgan fingerprint density at radius 2 is 1.80 bits per heavy atom. The normalized spacial score (nSPS) is 27.9. The van der Waals surface area contributed by atoms with E-state index in [2.05, 4.69) is 9.71 Å². The Balaban J connectivity index is 2.30. The molecule has 0 radical (unpaired) electrons. The molecule has 1 aliphatic rings. The van der Waals surface area contributed by atoms with E-state index in [1.54, 1.807) is 0 Å². The van der Waals surface area contributed by atoms with Gasteiger partial charge in [0.1, 0.15) is 10.7 Å². The lowest BCUT2D eigenvalue weighted by atomic mass is 9.49. The van der Waals surface area contributed by atoms with Gasteiger partial charge in [-0.2, -0.15) is 0 Å². The van der Waals surface area contributed by atoms with Crippen LogP contribution in [0.5, 0.6) is 0 Å². The van der Waals surface area contributed by atoms with Gasteiger partial charge >= 0.3 is 0 Å². The molecular formula is C13H20FN3O2S. The van der Waals surface area contributed by atoms with Gasteiger partial charge in [0.25, 0.3) is 0 Å². The van der Waals surface area contributed by atoms with E-state index in [0.29, 0.717) is 0 Å². The number of sulfonamides is 1.